The van der Waals surface area contributed by atoms with Gasteiger partial charge >= 0.3 is 0 Å². The number of rotatable bonds is 5. The molecule has 2 amide bonds. The second-order valence-corrected chi connectivity index (χ2v) is 10.8. The van der Waals surface area contributed by atoms with Gasteiger partial charge in [-0.15, -0.1) is 0 Å². The number of fused-ring (bicyclic) bond motifs is 1. The highest BCUT2D eigenvalue weighted by atomic mass is 35.5. The molecule has 2 unspecified atom stereocenters. The van der Waals surface area contributed by atoms with Crippen LogP contribution in [0.4, 0.5) is 17.3 Å². The van der Waals surface area contributed by atoms with E-state index in [2.05, 4.69) is 25.9 Å². The third-order valence-electron chi connectivity index (χ3n) is 8.39. The summed E-state index contributed by atoms with van der Waals surface area (Å²) in [5, 5.41) is 9.12. The van der Waals surface area contributed by atoms with Gasteiger partial charge in [-0.25, -0.2) is 9.97 Å². The summed E-state index contributed by atoms with van der Waals surface area (Å²) in [6, 6.07) is 3.05. The monoisotopic (exact) mass is 482 g/mol. The van der Waals surface area contributed by atoms with Gasteiger partial charge in [-0.1, -0.05) is 30.9 Å². The van der Waals surface area contributed by atoms with Gasteiger partial charge in [0.25, 0.3) is 11.5 Å². The lowest BCUT2D eigenvalue weighted by molar-refractivity contribution is -0.118. The zero-order valence-corrected chi connectivity index (χ0v) is 19.7. The Bertz CT molecular complexity index is 1270. The molecule has 4 aliphatic rings. The Kier molecular flexibility index (Phi) is 4.78. The summed E-state index contributed by atoms with van der Waals surface area (Å²) in [6.07, 6.45) is 9.77. The Labute approximate surface area is 201 Å². The lowest BCUT2D eigenvalue weighted by atomic mass is 9.80. The molecular formula is C24H27ClN6O3. The maximum Gasteiger partial charge on any atom is 0.276 e. The van der Waals surface area contributed by atoms with Crippen molar-refractivity contribution in [3.63, 3.8) is 0 Å². The molecule has 0 bridgehead atoms. The van der Waals surface area contributed by atoms with Crippen LogP contribution in [0.25, 0.3) is 0 Å². The summed E-state index contributed by atoms with van der Waals surface area (Å²) >= 11 is 6.48. The second kappa shape index (κ2) is 7.53. The van der Waals surface area contributed by atoms with Gasteiger partial charge in [0.15, 0.2) is 0 Å². The van der Waals surface area contributed by atoms with Crippen molar-refractivity contribution >= 4 is 40.7 Å². The van der Waals surface area contributed by atoms with Crippen LogP contribution in [0.3, 0.4) is 0 Å². The zero-order valence-electron chi connectivity index (χ0n) is 19.0. The quantitative estimate of drug-likeness (QED) is 0.597. The van der Waals surface area contributed by atoms with Gasteiger partial charge in [0, 0.05) is 17.9 Å². The Morgan fingerprint density at radius 1 is 1.15 bits per heavy atom. The number of nitrogens with zero attached hydrogens (tertiary/aromatic N) is 3. The molecule has 0 radical (unpaired) electrons. The van der Waals surface area contributed by atoms with Crippen molar-refractivity contribution in [2.45, 2.75) is 64.0 Å². The fourth-order valence-corrected chi connectivity index (χ4v) is 6.47. The van der Waals surface area contributed by atoms with Crippen molar-refractivity contribution in [2.75, 3.05) is 10.6 Å². The molecule has 3 heterocycles. The number of hydrogen-bond donors (Lipinski definition) is 3. The molecule has 1 aliphatic heterocycles. The van der Waals surface area contributed by atoms with E-state index in [4.69, 9.17) is 11.6 Å². The molecule has 9 nitrogen and oxygen atoms in total. The summed E-state index contributed by atoms with van der Waals surface area (Å²) in [6.45, 7) is 1.89. The summed E-state index contributed by atoms with van der Waals surface area (Å²) in [5.41, 5.74) is -0.543. The highest BCUT2D eigenvalue weighted by molar-refractivity contribution is 6.34. The van der Waals surface area contributed by atoms with Crippen molar-refractivity contribution in [2.24, 2.45) is 17.3 Å². The van der Waals surface area contributed by atoms with Crippen LogP contribution in [0.15, 0.2) is 23.3 Å². The molecule has 2 aromatic rings. The van der Waals surface area contributed by atoms with E-state index in [0.717, 1.165) is 44.9 Å². The third-order valence-corrected chi connectivity index (χ3v) is 8.68. The highest BCUT2D eigenvalue weighted by Gasteiger charge is 2.60. The molecule has 3 fully saturated rings. The van der Waals surface area contributed by atoms with E-state index in [0.29, 0.717) is 11.6 Å². The highest BCUT2D eigenvalue weighted by Crippen LogP contribution is 2.65. The molecule has 0 aromatic carbocycles. The lowest BCUT2D eigenvalue weighted by Gasteiger charge is -2.33. The average Bonchev–Trinajstić information content (AvgIpc) is 3.18. The normalized spacial score (nSPS) is 26.6. The van der Waals surface area contributed by atoms with E-state index >= 15 is 0 Å². The topological polar surface area (TPSA) is 118 Å². The summed E-state index contributed by atoms with van der Waals surface area (Å²) in [5.74, 6) is 0.605. The Balaban J connectivity index is 1.27. The van der Waals surface area contributed by atoms with Crippen molar-refractivity contribution in [1.29, 1.82) is 0 Å². The van der Waals surface area contributed by atoms with Crippen LogP contribution in [0.2, 0.25) is 5.02 Å². The van der Waals surface area contributed by atoms with Crippen LogP contribution >= 0.6 is 11.6 Å². The van der Waals surface area contributed by atoms with E-state index in [1.165, 1.54) is 23.4 Å². The number of nitrogens with one attached hydrogen (secondary N) is 3. The van der Waals surface area contributed by atoms with Gasteiger partial charge in [-0.05, 0) is 50.5 Å². The number of carbonyl (C=O) groups excluding carboxylic acids is 2. The smallest absolute Gasteiger partial charge is 0.276 e. The molecule has 10 heteroatoms. The number of aromatic nitrogens is 3. The van der Waals surface area contributed by atoms with Crippen LogP contribution in [-0.2, 0) is 10.5 Å². The number of amides is 2. The van der Waals surface area contributed by atoms with E-state index in [-0.39, 0.29) is 51.0 Å². The van der Waals surface area contributed by atoms with Gasteiger partial charge in [-0.3, -0.25) is 19.0 Å². The number of hydrogen-bond acceptors (Lipinski definition) is 6. The molecule has 3 N–H and O–H groups in total. The minimum Gasteiger partial charge on any atom is -0.336 e. The summed E-state index contributed by atoms with van der Waals surface area (Å²) < 4.78 is 1.50. The SMILES string of the molecule is CC1(C2CCCC2)NC(=O)c2c(Cl)cc(Nc3cc(NC(=O)C4CC45CCC5)ncn3)c(=O)n21. The van der Waals surface area contributed by atoms with Crippen molar-refractivity contribution in [3.05, 3.63) is 39.5 Å². The molecular weight excluding hydrogens is 456 g/mol. The van der Waals surface area contributed by atoms with Gasteiger partial charge < -0.3 is 16.0 Å². The van der Waals surface area contributed by atoms with Gasteiger partial charge in [0.05, 0.1) is 5.02 Å². The standard InChI is InChI=1S/C24H27ClN6O3/c1-23(13-5-2-3-6-13)30-21(33)19-15(25)9-16(22(34)31(19)23)28-17-10-18(27-12-26-17)29-20(32)14-11-24(14)7-4-8-24/h9-10,12-14H,2-8,11H2,1H3,(H,30,33)(H2,26,27,28,29,32). The van der Waals surface area contributed by atoms with E-state index in [1.54, 1.807) is 6.07 Å². The van der Waals surface area contributed by atoms with Gasteiger partial charge in [0.1, 0.15) is 35.0 Å². The molecule has 3 saturated carbocycles. The molecule has 2 atom stereocenters. The van der Waals surface area contributed by atoms with Gasteiger partial charge in [0.2, 0.25) is 5.91 Å². The number of pyridine rings is 1. The van der Waals surface area contributed by atoms with E-state index in [1.807, 2.05) is 6.92 Å². The summed E-state index contributed by atoms with van der Waals surface area (Å²) in [7, 11) is 0. The maximum atomic E-state index is 13.5. The fraction of sp³-hybridized carbons (Fsp3) is 0.542. The first-order chi connectivity index (χ1) is 16.3. The van der Waals surface area contributed by atoms with Crippen LogP contribution in [0.1, 0.15) is 68.8 Å². The number of carbonyl (C=O) groups is 2. The first-order valence-electron chi connectivity index (χ1n) is 12.0. The zero-order chi connectivity index (χ0) is 23.7. The molecule has 2 aromatic heterocycles. The molecule has 34 heavy (non-hydrogen) atoms. The van der Waals surface area contributed by atoms with Crippen molar-refractivity contribution < 1.29 is 9.59 Å². The number of anilines is 3. The van der Waals surface area contributed by atoms with Crippen molar-refractivity contribution in [3.8, 4) is 0 Å². The first kappa shape index (κ1) is 21.6. The molecule has 1 spiro atoms. The Hall–Kier alpha value is -2.94. The van der Waals surface area contributed by atoms with E-state index < -0.39 is 5.66 Å². The predicted molar refractivity (Wildman–Crippen MR) is 127 cm³/mol. The Morgan fingerprint density at radius 2 is 1.88 bits per heavy atom. The van der Waals surface area contributed by atoms with Crippen molar-refractivity contribution in [1.82, 2.24) is 19.9 Å². The second-order valence-electron chi connectivity index (χ2n) is 10.4. The van der Waals surface area contributed by atoms with Gasteiger partial charge in [-0.2, -0.15) is 0 Å². The number of halogens is 1. The summed E-state index contributed by atoms with van der Waals surface area (Å²) in [4.78, 5) is 47.2. The third kappa shape index (κ3) is 3.24. The van der Waals surface area contributed by atoms with E-state index in [9.17, 15) is 14.4 Å². The Morgan fingerprint density at radius 3 is 2.56 bits per heavy atom. The fourth-order valence-electron chi connectivity index (χ4n) is 6.19. The molecule has 3 aliphatic carbocycles. The molecule has 0 saturated heterocycles. The van der Waals surface area contributed by atoms with Crippen LogP contribution in [0, 0.1) is 17.3 Å². The minimum absolute atomic E-state index is 0.0121. The largest absolute Gasteiger partial charge is 0.336 e. The lowest BCUT2D eigenvalue weighted by Crippen LogP contribution is -2.50. The molecule has 6 rings (SSSR count). The average molecular weight is 483 g/mol. The first-order valence-corrected chi connectivity index (χ1v) is 12.4. The molecule has 178 valence electrons. The van der Waals surface area contributed by atoms with Crippen LogP contribution < -0.4 is 21.5 Å². The predicted octanol–water partition coefficient (Wildman–Crippen LogP) is 3.77. The van der Waals surface area contributed by atoms with Crippen LogP contribution in [0.5, 0.6) is 0 Å². The van der Waals surface area contributed by atoms with Crippen LogP contribution in [-0.4, -0.2) is 26.3 Å². The minimum atomic E-state index is -0.826. The maximum absolute atomic E-state index is 13.5.